The van der Waals surface area contributed by atoms with Crippen LogP contribution in [0.15, 0.2) is 24.3 Å². The van der Waals surface area contributed by atoms with Gasteiger partial charge in [-0.25, -0.2) is 0 Å². The maximum Gasteiger partial charge on any atom is 0.119 e. The van der Waals surface area contributed by atoms with Crippen LogP contribution < -0.4 is 10.5 Å². The zero-order chi connectivity index (χ0) is 10.4. The second-order valence-electron chi connectivity index (χ2n) is 3.52. The molecule has 0 unspecified atom stereocenters. The molecule has 1 aromatic rings. The minimum atomic E-state index is 0.287. The standard InChI is InChI=1S/C12H19NO/c1-3-10(2)14-12-6-4-11(5-7-12)8-9-13/h4-7,10H,3,8-9,13H2,1-2H3/t10-/m1/s1. The molecule has 2 N–H and O–H groups in total. The fraction of sp³-hybridized carbons (Fsp3) is 0.500. The third kappa shape index (κ3) is 3.38. The molecule has 0 bridgehead atoms. The summed E-state index contributed by atoms with van der Waals surface area (Å²) in [6.07, 6.45) is 2.25. The molecule has 0 heterocycles. The van der Waals surface area contributed by atoms with E-state index in [4.69, 9.17) is 10.5 Å². The summed E-state index contributed by atoms with van der Waals surface area (Å²) in [7, 11) is 0. The van der Waals surface area contributed by atoms with Gasteiger partial charge in [0.25, 0.3) is 0 Å². The summed E-state index contributed by atoms with van der Waals surface area (Å²) >= 11 is 0. The van der Waals surface area contributed by atoms with Crippen molar-refractivity contribution in [1.82, 2.24) is 0 Å². The van der Waals surface area contributed by atoms with Crippen LogP contribution in [0, 0.1) is 0 Å². The van der Waals surface area contributed by atoms with Crippen molar-refractivity contribution in [3.05, 3.63) is 29.8 Å². The first-order valence-corrected chi connectivity index (χ1v) is 5.22. The number of hydrogen-bond acceptors (Lipinski definition) is 2. The Hall–Kier alpha value is -1.02. The molecule has 0 fully saturated rings. The molecule has 0 aliphatic heterocycles. The van der Waals surface area contributed by atoms with Crippen LogP contribution in [-0.4, -0.2) is 12.6 Å². The van der Waals surface area contributed by atoms with E-state index in [-0.39, 0.29) is 6.10 Å². The molecule has 0 amide bonds. The molecule has 78 valence electrons. The van der Waals surface area contributed by atoms with Crippen LogP contribution in [0.3, 0.4) is 0 Å². The minimum Gasteiger partial charge on any atom is -0.491 e. The van der Waals surface area contributed by atoms with Gasteiger partial charge < -0.3 is 10.5 Å². The quantitative estimate of drug-likeness (QED) is 0.779. The highest BCUT2D eigenvalue weighted by molar-refractivity contribution is 5.27. The van der Waals surface area contributed by atoms with Crippen LogP contribution >= 0.6 is 0 Å². The van der Waals surface area contributed by atoms with Crippen LogP contribution in [0.2, 0.25) is 0 Å². The Morgan fingerprint density at radius 3 is 2.43 bits per heavy atom. The Morgan fingerprint density at radius 2 is 1.93 bits per heavy atom. The van der Waals surface area contributed by atoms with E-state index in [9.17, 15) is 0 Å². The zero-order valence-corrected chi connectivity index (χ0v) is 8.99. The second-order valence-corrected chi connectivity index (χ2v) is 3.52. The normalized spacial score (nSPS) is 12.5. The predicted molar refractivity (Wildman–Crippen MR) is 59.6 cm³/mol. The van der Waals surface area contributed by atoms with Gasteiger partial charge in [0, 0.05) is 0 Å². The SMILES string of the molecule is CC[C@@H](C)Oc1ccc(CCN)cc1. The van der Waals surface area contributed by atoms with Crippen molar-refractivity contribution >= 4 is 0 Å². The van der Waals surface area contributed by atoms with Gasteiger partial charge in [0.15, 0.2) is 0 Å². The van der Waals surface area contributed by atoms with Gasteiger partial charge in [0.1, 0.15) is 5.75 Å². The van der Waals surface area contributed by atoms with Crippen molar-refractivity contribution in [3.8, 4) is 5.75 Å². The molecular weight excluding hydrogens is 174 g/mol. The van der Waals surface area contributed by atoms with Gasteiger partial charge in [-0.15, -0.1) is 0 Å². The summed E-state index contributed by atoms with van der Waals surface area (Å²) < 4.78 is 5.67. The van der Waals surface area contributed by atoms with Gasteiger partial charge >= 0.3 is 0 Å². The maximum absolute atomic E-state index is 5.67. The van der Waals surface area contributed by atoms with Crippen LogP contribution in [-0.2, 0) is 6.42 Å². The topological polar surface area (TPSA) is 35.2 Å². The third-order valence-corrected chi connectivity index (χ3v) is 2.27. The molecule has 2 nitrogen and oxygen atoms in total. The predicted octanol–water partition coefficient (Wildman–Crippen LogP) is 2.37. The Balaban J connectivity index is 2.54. The third-order valence-electron chi connectivity index (χ3n) is 2.27. The number of nitrogens with two attached hydrogens (primary N) is 1. The monoisotopic (exact) mass is 193 g/mol. The van der Waals surface area contributed by atoms with Crippen molar-refractivity contribution in [2.75, 3.05) is 6.54 Å². The number of hydrogen-bond donors (Lipinski definition) is 1. The van der Waals surface area contributed by atoms with Crippen molar-refractivity contribution < 1.29 is 4.74 Å². The highest BCUT2D eigenvalue weighted by Gasteiger charge is 2.00. The Labute approximate surface area is 86.1 Å². The fourth-order valence-corrected chi connectivity index (χ4v) is 1.22. The highest BCUT2D eigenvalue weighted by atomic mass is 16.5. The average Bonchev–Trinajstić information content (AvgIpc) is 2.21. The summed E-state index contributed by atoms with van der Waals surface area (Å²) in [5, 5.41) is 0. The van der Waals surface area contributed by atoms with E-state index in [1.807, 2.05) is 12.1 Å². The zero-order valence-electron chi connectivity index (χ0n) is 8.99. The van der Waals surface area contributed by atoms with E-state index in [1.54, 1.807) is 0 Å². The smallest absolute Gasteiger partial charge is 0.119 e. The lowest BCUT2D eigenvalue weighted by Gasteiger charge is -2.12. The lowest BCUT2D eigenvalue weighted by molar-refractivity contribution is 0.217. The van der Waals surface area contributed by atoms with Gasteiger partial charge in [-0.2, -0.15) is 0 Å². The van der Waals surface area contributed by atoms with E-state index in [2.05, 4.69) is 26.0 Å². The molecule has 0 saturated carbocycles. The van der Waals surface area contributed by atoms with Crippen LogP contribution in [0.1, 0.15) is 25.8 Å². The lowest BCUT2D eigenvalue weighted by Crippen LogP contribution is -2.09. The van der Waals surface area contributed by atoms with Gasteiger partial charge in [-0.3, -0.25) is 0 Å². The summed E-state index contributed by atoms with van der Waals surface area (Å²) in [4.78, 5) is 0. The summed E-state index contributed by atoms with van der Waals surface area (Å²) in [5.41, 5.74) is 6.74. The molecular formula is C12H19NO. The number of ether oxygens (including phenoxy) is 1. The fourth-order valence-electron chi connectivity index (χ4n) is 1.22. The van der Waals surface area contributed by atoms with Crippen molar-refractivity contribution in [2.45, 2.75) is 32.8 Å². The largest absolute Gasteiger partial charge is 0.491 e. The summed E-state index contributed by atoms with van der Waals surface area (Å²) in [6, 6.07) is 8.17. The summed E-state index contributed by atoms with van der Waals surface area (Å²) in [5.74, 6) is 0.945. The molecule has 0 aliphatic carbocycles. The lowest BCUT2D eigenvalue weighted by atomic mass is 10.1. The van der Waals surface area contributed by atoms with Crippen molar-refractivity contribution in [3.63, 3.8) is 0 Å². The molecule has 0 spiro atoms. The first-order chi connectivity index (χ1) is 6.76. The Morgan fingerprint density at radius 1 is 1.29 bits per heavy atom. The van der Waals surface area contributed by atoms with Crippen LogP contribution in [0.4, 0.5) is 0 Å². The van der Waals surface area contributed by atoms with E-state index >= 15 is 0 Å². The second kappa shape index (κ2) is 5.66. The first-order valence-electron chi connectivity index (χ1n) is 5.22. The van der Waals surface area contributed by atoms with E-state index in [0.717, 1.165) is 18.6 Å². The van der Waals surface area contributed by atoms with E-state index in [0.29, 0.717) is 6.54 Å². The van der Waals surface area contributed by atoms with E-state index < -0.39 is 0 Å². The molecule has 0 saturated heterocycles. The molecule has 0 aromatic heterocycles. The molecule has 1 rings (SSSR count). The summed E-state index contributed by atoms with van der Waals surface area (Å²) in [6.45, 7) is 4.90. The van der Waals surface area contributed by atoms with Crippen molar-refractivity contribution in [1.29, 1.82) is 0 Å². The molecule has 2 heteroatoms. The number of benzene rings is 1. The molecule has 0 aliphatic rings. The molecule has 0 radical (unpaired) electrons. The number of rotatable bonds is 5. The maximum atomic E-state index is 5.67. The Bertz CT molecular complexity index is 256. The van der Waals surface area contributed by atoms with E-state index in [1.165, 1.54) is 5.56 Å². The van der Waals surface area contributed by atoms with Gasteiger partial charge in [-0.1, -0.05) is 19.1 Å². The molecule has 1 aromatic carbocycles. The Kier molecular flexibility index (Phi) is 4.47. The average molecular weight is 193 g/mol. The minimum absolute atomic E-state index is 0.287. The molecule has 14 heavy (non-hydrogen) atoms. The van der Waals surface area contributed by atoms with Gasteiger partial charge in [0.2, 0.25) is 0 Å². The first kappa shape index (κ1) is 11.1. The van der Waals surface area contributed by atoms with Crippen LogP contribution in [0.25, 0.3) is 0 Å². The highest BCUT2D eigenvalue weighted by Crippen LogP contribution is 2.14. The van der Waals surface area contributed by atoms with Crippen molar-refractivity contribution in [2.24, 2.45) is 5.73 Å². The van der Waals surface area contributed by atoms with Gasteiger partial charge in [-0.05, 0) is 44.0 Å². The van der Waals surface area contributed by atoms with Gasteiger partial charge in [0.05, 0.1) is 6.10 Å². The molecule has 1 atom stereocenters. The van der Waals surface area contributed by atoms with Crippen LogP contribution in [0.5, 0.6) is 5.75 Å².